The fraction of sp³-hybridized carbons (Fsp3) is 0.500. The molecule has 1 unspecified atom stereocenters. The molecule has 1 aromatic heterocycles. The van der Waals surface area contributed by atoms with Crippen molar-refractivity contribution >= 4 is 17.7 Å². The fourth-order valence-corrected chi connectivity index (χ4v) is 1.77. The standard InChI is InChI=1S/C8H12N2O2S/c1-3-6(7(11)12)13-8-9-4-5-10(8)2/h4-6H,3H2,1-2H3,(H,11,12). The van der Waals surface area contributed by atoms with Gasteiger partial charge in [-0.3, -0.25) is 4.79 Å². The van der Waals surface area contributed by atoms with Gasteiger partial charge in [0.05, 0.1) is 0 Å². The van der Waals surface area contributed by atoms with E-state index in [0.717, 1.165) is 5.16 Å². The maximum atomic E-state index is 10.7. The van der Waals surface area contributed by atoms with Crippen molar-refractivity contribution in [2.75, 3.05) is 0 Å². The van der Waals surface area contributed by atoms with Crippen LogP contribution < -0.4 is 0 Å². The Hall–Kier alpha value is -0.970. The number of imidazole rings is 1. The third-order valence-corrected chi connectivity index (χ3v) is 3.09. The van der Waals surface area contributed by atoms with Gasteiger partial charge in [0.2, 0.25) is 0 Å². The third kappa shape index (κ3) is 2.48. The zero-order chi connectivity index (χ0) is 9.84. The summed E-state index contributed by atoms with van der Waals surface area (Å²) in [6.07, 6.45) is 4.07. The molecule has 1 rings (SSSR count). The Morgan fingerprint density at radius 1 is 1.85 bits per heavy atom. The number of aromatic nitrogens is 2. The largest absolute Gasteiger partial charge is 0.480 e. The summed E-state index contributed by atoms with van der Waals surface area (Å²) in [6, 6.07) is 0. The summed E-state index contributed by atoms with van der Waals surface area (Å²) in [5.41, 5.74) is 0. The number of carboxylic acids is 1. The highest BCUT2D eigenvalue weighted by atomic mass is 32.2. The van der Waals surface area contributed by atoms with E-state index in [2.05, 4.69) is 4.98 Å². The van der Waals surface area contributed by atoms with Crippen LogP contribution in [0.5, 0.6) is 0 Å². The van der Waals surface area contributed by atoms with Gasteiger partial charge in [-0.15, -0.1) is 0 Å². The minimum Gasteiger partial charge on any atom is -0.480 e. The van der Waals surface area contributed by atoms with Crippen molar-refractivity contribution < 1.29 is 9.90 Å². The van der Waals surface area contributed by atoms with Crippen LogP contribution in [0, 0.1) is 0 Å². The Labute approximate surface area is 81.0 Å². The van der Waals surface area contributed by atoms with E-state index in [0.29, 0.717) is 6.42 Å². The van der Waals surface area contributed by atoms with Crippen molar-refractivity contribution in [1.29, 1.82) is 0 Å². The Balaban J connectivity index is 2.67. The third-order valence-electron chi connectivity index (χ3n) is 1.67. The summed E-state index contributed by atoms with van der Waals surface area (Å²) in [6.45, 7) is 1.86. The highest BCUT2D eigenvalue weighted by Crippen LogP contribution is 2.23. The van der Waals surface area contributed by atoms with Crippen LogP contribution in [-0.2, 0) is 11.8 Å². The molecule has 0 aliphatic rings. The summed E-state index contributed by atoms with van der Waals surface area (Å²) in [7, 11) is 1.85. The lowest BCUT2D eigenvalue weighted by molar-refractivity contribution is -0.136. The van der Waals surface area contributed by atoms with Crippen LogP contribution in [0.3, 0.4) is 0 Å². The van der Waals surface area contributed by atoms with E-state index in [1.165, 1.54) is 11.8 Å². The quantitative estimate of drug-likeness (QED) is 0.746. The molecule has 0 aliphatic heterocycles. The number of carboxylic acid groups (broad SMARTS) is 1. The second-order valence-electron chi connectivity index (χ2n) is 2.67. The Kier molecular flexibility index (Phi) is 3.36. The number of aryl methyl sites for hydroxylation is 1. The first-order valence-electron chi connectivity index (χ1n) is 4.02. The van der Waals surface area contributed by atoms with Gasteiger partial charge >= 0.3 is 5.97 Å². The van der Waals surface area contributed by atoms with Gasteiger partial charge in [0, 0.05) is 19.4 Å². The monoisotopic (exact) mass is 200 g/mol. The maximum Gasteiger partial charge on any atom is 0.317 e. The Morgan fingerprint density at radius 2 is 2.54 bits per heavy atom. The lowest BCUT2D eigenvalue weighted by atomic mass is 10.3. The van der Waals surface area contributed by atoms with Crippen molar-refractivity contribution in [3.63, 3.8) is 0 Å². The van der Waals surface area contributed by atoms with Crippen LogP contribution in [0.2, 0.25) is 0 Å². The normalized spacial score (nSPS) is 12.8. The summed E-state index contributed by atoms with van der Waals surface area (Å²) in [5.74, 6) is -0.782. The number of nitrogens with zero attached hydrogens (tertiary/aromatic N) is 2. The van der Waals surface area contributed by atoms with Crippen LogP contribution in [0.15, 0.2) is 17.6 Å². The van der Waals surface area contributed by atoms with Gasteiger partial charge in [-0.25, -0.2) is 4.98 Å². The molecule has 0 aromatic carbocycles. The molecule has 0 amide bonds. The average Bonchev–Trinajstić information content (AvgIpc) is 2.46. The fourth-order valence-electron chi connectivity index (χ4n) is 0.901. The number of hydrogen-bond acceptors (Lipinski definition) is 3. The van der Waals surface area contributed by atoms with E-state index in [1.54, 1.807) is 12.4 Å². The zero-order valence-electron chi connectivity index (χ0n) is 7.60. The first-order valence-corrected chi connectivity index (χ1v) is 4.90. The van der Waals surface area contributed by atoms with Gasteiger partial charge in [-0.1, -0.05) is 18.7 Å². The molecule has 4 nitrogen and oxygen atoms in total. The number of rotatable bonds is 4. The van der Waals surface area contributed by atoms with Crippen molar-refractivity contribution in [1.82, 2.24) is 9.55 Å². The highest BCUT2D eigenvalue weighted by Gasteiger charge is 2.18. The SMILES string of the molecule is CCC(Sc1nccn1C)C(=O)O. The molecule has 1 heterocycles. The molecular weight excluding hydrogens is 188 g/mol. The topological polar surface area (TPSA) is 55.1 Å². The van der Waals surface area contributed by atoms with E-state index in [4.69, 9.17) is 5.11 Å². The second-order valence-corrected chi connectivity index (χ2v) is 3.84. The van der Waals surface area contributed by atoms with Gasteiger partial charge in [0.15, 0.2) is 5.16 Å². The van der Waals surface area contributed by atoms with Crippen LogP contribution in [0.4, 0.5) is 0 Å². The van der Waals surface area contributed by atoms with Gasteiger partial charge in [0.1, 0.15) is 5.25 Å². The number of carbonyl (C=O) groups is 1. The lowest BCUT2D eigenvalue weighted by Gasteiger charge is -2.07. The molecule has 0 saturated carbocycles. The molecule has 0 bridgehead atoms. The first kappa shape index (κ1) is 10.1. The van der Waals surface area contributed by atoms with E-state index in [1.807, 2.05) is 18.5 Å². The molecule has 0 saturated heterocycles. The molecule has 1 N–H and O–H groups in total. The van der Waals surface area contributed by atoms with E-state index >= 15 is 0 Å². The number of thioether (sulfide) groups is 1. The van der Waals surface area contributed by atoms with Crippen LogP contribution in [0.25, 0.3) is 0 Å². The van der Waals surface area contributed by atoms with E-state index in [9.17, 15) is 4.79 Å². The van der Waals surface area contributed by atoms with Crippen molar-refractivity contribution in [2.45, 2.75) is 23.8 Å². The number of hydrogen-bond donors (Lipinski definition) is 1. The minimum atomic E-state index is -0.782. The molecule has 0 spiro atoms. The van der Waals surface area contributed by atoms with Gasteiger partial charge in [-0.2, -0.15) is 0 Å². The van der Waals surface area contributed by atoms with Crippen molar-refractivity contribution in [2.24, 2.45) is 7.05 Å². The summed E-state index contributed by atoms with van der Waals surface area (Å²) in [4.78, 5) is 14.8. The van der Waals surface area contributed by atoms with Crippen LogP contribution in [0.1, 0.15) is 13.3 Å². The van der Waals surface area contributed by atoms with Gasteiger partial charge < -0.3 is 9.67 Å². The summed E-state index contributed by atoms with van der Waals surface area (Å²) < 4.78 is 1.82. The summed E-state index contributed by atoms with van der Waals surface area (Å²) in [5, 5.41) is 9.15. The van der Waals surface area contributed by atoms with E-state index < -0.39 is 11.2 Å². The van der Waals surface area contributed by atoms with Crippen molar-refractivity contribution in [3.8, 4) is 0 Å². The van der Waals surface area contributed by atoms with E-state index in [-0.39, 0.29) is 0 Å². The molecule has 5 heteroatoms. The van der Waals surface area contributed by atoms with Gasteiger partial charge in [0.25, 0.3) is 0 Å². The molecule has 13 heavy (non-hydrogen) atoms. The molecule has 0 aliphatic carbocycles. The Bertz CT molecular complexity index is 298. The molecule has 1 aromatic rings. The first-order chi connectivity index (χ1) is 6.15. The molecule has 72 valence electrons. The molecule has 1 atom stereocenters. The maximum absolute atomic E-state index is 10.7. The van der Waals surface area contributed by atoms with Crippen LogP contribution >= 0.6 is 11.8 Å². The highest BCUT2D eigenvalue weighted by molar-refractivity contribution is 8.00. The van der Waals surface area contributed by atoms with Crippen LogP contribution in [-0.4, -0.2) is 25.9 Å². The Morgan fingerprint density at radius 3 is 2.92 bits per heavy atom. The average molecular weight is 200 g/mol. The molecular formula is C8H12N2O2S. The predicted molar refractivity (Wildman–Crippen MR) is 50.8 cm³/mol. The summed E-state index contributed by atoms with van der Waals surface area (Å²) >= 11 is 1.28. The molecule has 0 radical (unpaired) electrons. The predicted octanol–water partition coefficient (Wildman–Crippen LogP) is 1.38. The molecule has 0 fully saturated rings. The van der Waals surface area contributed by atoms with Crippen molar-refractivity contribution in [3.05, 3.63) is 12.4 Å². The minimum absolute atomic E-state index is 0.402. The lowest BCUT2D eigenvalue weighted by Crippen LogP contribution is -2.15. The smallest absolute Gasteiger partial charge is 0.317 e. The van der Waals surface area contributed by atoms with Gasteiger partial charge in [-0.05, 0) is 6.42 Å². The number of aliphatic carboxylic acids is 1. The second kappa shape index (κ2) is 4.32. The zero-order valence-corrected chi connectivity index (χ0v) is 8.41.